The molecule has 2 amide bonds. The number of aromatic nitrogens is 2. The van der Waals surface area contributed by atoms with Gasteiger partial charge in [0.1, 0.15) is 29.6 Å². The molecule has 33 heavy (non-hydrogen) atoms. The molecule has 0 aliphatic carbocycles. The number of nitrogens with zero attached hydrogens (tertiary/aromatic N) is 3. The number of furan rings is 1. The number of hydrogen-bond acceptors (Lipinski definition) is 7. The van der Waals surface area contributed by atoms with E-state index in [1.165, 1.54) is 6.20 Å². The summed E-state index contributed by atoms with van der Waals surface area (Å²) in [5, 5.41) is 6.99. The van der Waals surface area contributed by atoms with Gasteiger partial charge in [-0.05, 0) is 43.3 Å². The molecule has 0 saturated carbocycles. The quantitative estimate of drug-likeness (QED) is 0.558. The van der Waals surface area contributed by atoms with Gasteiger partial charge < -0.3 is 28.8 Å². The van der Waals surface area contributed by atoms with Gasteiger partial charge in [-0.3, -0.25) is 14.3 Å². The summed E-state index contributed by atoms with van der Waals surface area (Å²) in [4.78, 5) is 27.5. The van der Waals surface area contributed by atoms with E-state index in [-0.39, 0.29) is 18.3 Å². The van der Waals surface area contributed by atoms with E-state index in [9.17, 15) is 9.59 Å². The molecule has 10 nitrogen and oxygen atoms in total. The number of hydrogen-bond donors (Lipinski definition) is 1. The first-order chi connectivity index (χ1) is 16.1. The Hall–Kier alpha value is -3.79. The van der Waals surface area contributed by atoms with Gasteiger partial charge in [-0.1, -0.05) is 0 Å². The first-order valence-corrected chi connectivity index (χ1v) is 10.7. The Morgan fingerprint density at radius 2 is 1.82 bits per heavy atom. The molecule has 4 rings (SSSR count). The number of nitrogens with one attached hydrogen (secondary N) is 1. The maximum absolute atomic E-state index is 13.1. The zero-order valence-electron chi connectivity index (χ0n) is 18.6. The summed E-state index contributed by atoms with van der Waals surface area (Å²) >= 11 is 0. The van der Waals surface area contributed by atoms with Gasteiger partial charge in [0, 0.05) is 19.6 Å². The van der Waals surface area contributed by atoms with Crippen LogP contribution in [0.2, 0.25) is 0 Å². The van der Waals surface area contributed by atoms with Crippen molar-refractivity contribution in [2.45, 2.75) is 20.1 Å². The normalized spacial score (nSPS) is 13.6. The van der Waals surface area contributed by atoms with Crippen LogP contribution in [0, 0.1) is 0 Å². The Morgan fingerprint density at radius 1 is 1.09 bits per heavy atom. The van der Waals surface area contributed by atoms with Crippen LogP contribution in [0.15, 0.2) is 47.0 Å². The SMILES string of the molecule is CCn1ncc(NC(=O)c2ccc(COc3ccc(OC)cc3)o2)c1C(=O)N1CCOCC1. The Balaban J connectivity index is 1.41. The first-order valence-electron chi connectivity index (χ1n) is 10.7. The second-order valence-electron chi connectivity index (χ2n) is 7.31. The molecule has 0 radical (unpaired) electrons. The lowest BCUT2D eigenvalue weighted by atomic mass is 10.2. The lowest BCUT2D eigenvalue weighted by Crippen LogP contribution is -2.41. The van der Waals surface area contributed by atoms with E-state index in [2.05, 4.69) is 10.4 Å². The van der Waals surface area contributed by atoms with Crippen LogP contribution in [0.3, 0.4) is 0 Å². The second kappa shape index (κ2) is 10.2. The highest BCUT2D eigenvalue weighted by molar-refractivity contribution is 6.07. The number of rotatable bonds is 8. The summed E-state index contributed by atoms with van der Waals surface area (Å²) in [7, 11) is 1.60. The summed E-state index contributed by atoms with van der Waals surface area (Å²) in [5.74, 6) is 1.31. The first kappa shape index (κ1) is 22.4. The molecule has 3 aromatic rings. The molecule has 174 valence electrons. The van der Waals surface area contributed by atoms with E-state index in [0.29, 0.717) is 55.7 Å². The standard InChI is InChI=1S/C23H26N4O6/c1-3-27-21(23(29)26-10-12-31-13-11-26)19(14-24-27)25-22(28)20-9-8-18(33-20)15-32-17-6-4-16(30-2)5-7-17/h4-9,14H,3,10-13,15H2,1-2H3,(H,25,28). The van der Waals surface area contributed by atoms with E-state index in [1.54, 1.807) is 53.1 Å². The van der Waals surface area contributed by atoms with E-state index in [4.69, 9.17) is 18.6 Å². The number of benzene rings is 1. The highest BCUT2D eigenvalue weighted by atomic mass is 16.5. The topological polar surface area (TPSA) is 108 Å². The number of anilines is 1. The van der Waals surface area contributed by atoms with Crippen molar-refractivity contribution in [1.29, 1.82) is 0 Å². The van der Waals surface area contributed by atoms with E-state index < -0.39 is 5.91 Å². The molecule has 1 N–H and O–H groups in total. The van der Waals surface area contributed by atoms with Crippen molar-refractivity contribution < 1.29 is 28.2 Å². The van der Waals surface area contributed by atoms with Crippen molar-refractivity contribution >= 4 is 17.5 Å². The van der Waals surface area contributed by atoms with Gasteiger partial charge in [0.05, 0.1) is 32.2 Å². The Morgan fingerprint density at radius 3 is 2.52 bits per heavy atom. The number of amides is 2. The molecule has 1 aliphatic heterocycles. The van der Waals surface area contributed by atoms with Crippen molar-refractivity contribution in [3.05, 3.63) is 59.8 Å². The predicted octanol–water partition coefficient (Wildman–Crippen LogP) is 2.81. The Labute approximate surface area is 191 Å². The fourth-order valence-electron chi connectivity index (χ4n) is 3.45. The maximum Gasteiger partial charge on any atom is 0.291 e. The minimum Gasteiger partial charge on any atom is -0.497 e. The molecule has 3 heterocycles. The average molecular weight is 454 g/mol. The van der Waals surface area contributed by atoms with Gasteiger partial charge in [0.15, 0.2) is 5.76 Å². The highest BCUT2D eigenvalue weighted by Gasteiger charge is 2.26. The predicted molar refractivity (Wildman–Crippen MR) is 119 cm³/mol. The van der Waals surface area contributed by atoms with Crippen LogP contribution in [0.1, 0.15) is 33.7 Å². The summed E-state index contributed by atoms with van der Waals surface area (Å²) in [6.45, 7) is 4.51. The van der Waals surface area contributed by atoms with Gasteiger partial charge in [-0.15, -0.1) is 0 Å². The van der Waals surface area contributed by atoms with Crippen LogP contribution >= 0.6 is 0 Å². The molecule has 1 saturated heterocycles. The fourth-order valence-corrected chi connectivity index (χ4v) is 3.45. The number of ether oxygens (including phenoxy) is 3. The summed E-state index contributed by atoms with van der Waals surface area (Å²) in [6.07, 6.45) is 1.48. The molecule has 1 aliphatic rings. The Kier molecular flexibility index (Phi) is 6.94. The zero-order valence-corrected chi connectivity index (χ0v) is 18.6. The van der Waals surface area contributed by atoms with E-state index in [1.807, 2.05) is 6.92 Å². The molecule has 2 aromatic heterocycles. The van der Waals surface area contributed by atoms with Gasteiger partial charge in [0.2, 0.25) is 0 Å². The van der Waals surface area contributed by atoms with Crippen molar-refractivity contribution in [3.8, 4) is 11.5 Å². The third kappa shape index (κ3) is 5.17. The minimum atomic E-state index is -0.475. The molecule has 10 heteroatoms. The van der Waals surface area contributed by atoms with Crippen LogP contribution in [-0.2, 0) is 17.9 Å². The summed E-state index contributed by atoms with van der Waals surface area (Å²) in [6, 6.07) is 10.4. The van der Waals surface area contributed by atoms with E-state index in [0.717, 1.165) is 5.75 Å². The van der Waals surface area contributed by atoms with Gasteiger partial charge in [0.25, 0.3) is 11.8 Å². The molecule has 1 fully saturated rings. The largest absolute Gasteiger partial charge is 0.497 e. The van der Waals surface area contributed by atoms with Gasteiger partial charge >= 0.3 is 0 Å². The van der Waals surface area contributed by atoms with Crippen molar-refractivity contribution in [3.63, 3.8) is 0 Å². The van der Waals surface area contributed by atoms with Crippen LogP contribution in [0.5, 0.6) is 11.5 Å². The number of methoxy groups -OCH3 is 1. The monoisotopic (exact) mass is 454 g/mol. The Bertz CT molecular complexity index is 1100. The van der Waals surface area contributed by atoms with Crippen LogP contribution in [0.4, 0.5) is 5.69 Å². The van der Waals surface area contributed by atoms with Crippen molar-refractivity contribution in [2.75, 3.05) is 38.7 Å². The molecule has 0 unspecified atom stereocenters. The highest BCUT2D eigenvalue weighted by Crippen LogP contribution is 2.21. The number of aryl methyl sites for hydroxylation is 1. The van der Waals surface area contributed by atoms with Crippen molar-refractivity contribution in [1.82, 2.24) is 14.7 Å². The maximum atomic E-state index is 13.1. The zero-order chi connectivity index (χ0) is 23.2. The van der Waals surface area contributed by atoms with Crippen LogP contribution < -0.4 is 14.8 Å². The van der Waals surface area contributed by atoms with Gasteiger partial charge in [-0.25, -0.2) is 0 Å². The third-order valence-electron chi connectivity index (χ3n) is 5.21. The second-order valence-corrected chi connectivity index (χ2v) is 7.31. The van der Waals surface area contributed by atoms with E-state index >= 15 is 0 Å². The summed E-state index contributed by atoms with van der Waals surface area (Å²) in [5.41, 5.74) is 0.674. The molecule has 1 aromatic carbocycles. The lowest BCUT2D eigenvalue weighted by molar-refractivity contribution is 0.0295. The fraction of sp³-hybridized carbons (Fsp3) is 0.348. The average Bonchev–Trinajstić information content (AvgIpc) is 3.50. The molecule has 0 atom stereocenters. The summed E-state index contributed by atoms with van der Waals surface area (Å²) < 4.78 is 23.3. The molecular weight excluding hydrogens is 428 g/mol. The van der Waals surface area contributed by atoms with Crippen molar-refractivity contribution in [2.24, 2.45) is 0 Å². The number of carbonyl (C=O) groups is 2. The molecular formula is C23H26N4O6. The van der Waals surface area contributed by atoms with Gasteiger partial charge in [-0.2, -0.15) is 5.10 Å². The smallest absolute Gasteiger partial charge is 0.291 e. The number of morpholine rings is 1. The molecule has 0 spiro atoms. The lowest BCUT2D eigenvalue weighted by Gasteiger charge is -2.27. The van der Waals surface area contributed by atoms with Crippen LogP contribution in [0.25, 0.3) is 0 Å². The minimum absolute atomic E-state index is 0.109. The van der Waals surface area contributed by atoms with Crippen LogP contribution in [-0.4, -0.2) is 59.9 Å². The third-order valence-corrected chi connectivity index (χ3v) is 5.21. The number of carbonyl (C=O) groups excluding carboxylic acids is 2. The molecule has 0 bridgehead atoms.